The molecule has 0 radical (unpaired) electrons. The van der Waals surface area contributed by atoms with Gasteiger partial charge in [-0.05, 0) is 42.5 Å². The Hall–Kier alpha value is -3.47. The zero-order valence-corrected chi connectivity index (χ0v) is 15.8. The first-order valence-electron chi connectivity index (χ1n) is 9.63. The number of aryl methyl sites for hydroxylation is 1. The molecule has 0 spiro atoms. The van der Waals surface area contributed by atoms with E-state index in [-0.39, 0.29) is 46.9 Å². The summed E-state index contributed by atoms with van der Waals surface area (Å²) in [6.45, 7) is 0. The molecular formula is C24H22O5. The van der Waals surface area contributed by atoms with E-state index in [1.165, 1.54) is 6.07 Å². The van der Waals surface area contributed by atoms with Crippen molar-refractivity contribution >= 4 is 5.78 Å². The summed E-state index contributed by atoms with van der Waals surface area (Å²) in [7, 11) is 0. The lowest BCUT2D eigenvalue weighted by Crippen LogP contribution is -2.18. The molecule has 29 heavy (non-hydrogen) atoms. The van der Waals surface area contributed by atoms with Gasteiger partial charge in [-0.15, -0.1) is 0 Å². The van der Waals surface area contributed by atoms with Crippen LogP contribution < -0.4 is 4.74 Å². The van der Waals surface area contributed by atoms with Crippen LogP contribution in [-0.2, 0) is 12.8 Å². The van der Waals surface area contributed by atoms with Crippen LogP contribution in [0.3, 0.4) is 0 Å². The lowest BCUT2D eigenvalue weighted by atomic mass is 9.92. The number of hydrogen-bond acceptors (Lipinski definition) is 5. The number of phenols is 3. The van der Waals surface area contributed by atoms with E-state index < -0.39 is 0 Å². The second-order valence-corrected chi connectivity index (χ2v) is 7.24. The van der Waals surface area contributed by atoms with E-state index in [4.69, 9.17) is 4.74 Å². The molecule has 3 aromatic rings. The Morgan fingerprint density at radius 2 is 1.69 bits per heavy atom. The molecule has 0 aromatic heterocycles. The number of hydrogen-bond donors (Lipinski definition) is 3. The fourth-order valence-electron chi connectivity index (χ4n) is 3.74. The average molecular weight is 390 g/mol. The van der Waals surface area contributed by atoms with Gasteiger partial charge in [0.2, 0.25) is 0 Å². The summed E-state index contributed by atoms with van der Waals surface area (Å²) in [5.41, 5.74) is 2.56. The predicted octanol–water partition coefficient (Wildman–Crippen LogP) is 4.69. The van der Waals surface area contributed by atoms with Crippen molar-refractivity contribution in [2.24, 2.45) is 0 Å². The third kappa shape index (κ3) is 3.90. The fourth-order valence-corrected chi connectivity index (χ4v) is 3.74. The Morgan fingerprint density at radius 1 is 0.966 bits per heavy atom. The van der Waals surface area contributed by atoms with E-state index in [2.05, 4.69) is 0 Å². The molecule has 1 aliphatic rings. The number of aromatic hydroxyl groups is 3. The number of ether oxygens (including phenoxy) is 1. The van der Waals surface area contributed by atoms with Gasteiger partial charge >= 0.3 is 0 Å². The zero-order chi connectivity index (χ0) is 20.4. The van der Waals surface area contributed by atoms with E-state index in [9.17, 15) is 20.1 Å². The first-order valence-corrected chi connectivity index (χ1v) is 9.63. The monoisotopic (exact) mass is 390 g/mol. The molecule has 0 fully saturated rings. The Labute approximate surface area is 168 Å². The van der Waals surface area contributed by atoms with Crippen molar-refractivity contribution in [1.29, 1.82) is 0 Å². The second kappa shape index (κ2) is 7.87. The molecule has 3 aromatic carbocycles. The highest BCUT2D eigenvalue weighted by molar-refractivity contribution is 6.02. The summed E-state index contributed by atoms with van der Waals surface area (Å²) >= 11 is 0. The molecule has 0 bridgehead atoms. The molecule has 5 nitrogen and oxygen atoms in total. The van der Waals surface area contributed by atoms with Crippen molar-refractivity contribution in [3.63, 3.8) is 0 Å². The summed E-state index contributed by atoms with van der Waals surface area (Å²) < 4.78 is 6.10. The van der Waals surface area contributed by atoms with Gasteiger partial charge in [-0.2, -0.15) is 0 Å². The smallest absolute Gasteiger partial charge is 0.170 e. The lowest BCUT2D eigenvalue weighted by Gasteiger charge is -2.29. The SMILES string of the molecule is O=C(CCc1ccccc1)c1c(O)cc(O)c2c1O[C@H](c1ccc(O)cc1)CC2. The van der Waals surface area contributed by atoms with Crippen LogP contribution in [0.15, 0.2) is 60.7 Å². The molecule has 3 N–H and O–H groups in total. The Balaban J connectivity index is 1.63. The molecule has 1 atom stereocenters. The number of carbonyl (C=O) groups is 1. The van der Waals surface area contributed by atoms with Crippen LogP contribution in [0.4, 0.5) is 0 Å². The van der Waals surface area contributed by atoms with E-state index in [1.54, 1.807) is 24.3 Å². The third-order valence-electron chi connectivity index (χ3n) is 5.28. The number of fused-ring (bicyclic) bond motifs is 1. The molecule has 148 valence electrons. The van der Waals surface area contributed by atoms with Crippen LogP contribution in [0.2, 0.25) is 0 Å². The maximum Gasteiger partial charge on any atom is 0.170 e. The lowest BCUT2D eigenvalue weighted by molar-refractivity contribution is 0.0967. The molecule has 1 aliphatic heterocycles. The minimum atomic E-state index is -0.329. The van der Waals surface area contributed by atoms with Crippen LogP contribution in [0.25, 0.3) is 0 Å². The van der Waals surface area contributed by atoms with E-state index >= 15 is 0 Å². The number of carbonyl (C=O) groups excluding carboxylic acids is 1. The maximum absolute atomic E-state index is 13.0. The van der Waals surface area contributed by atoms with Crippen LogP contribution >= 0.6 is 0 Å². The highest BCUT2D eigenvalue weighted by Gasteiger charge is 2.30. The largest absolute Gasteiger partial charge is 0.508 e. The Morgan fingerprint density at radius 3 is 2.41 bits per heavy atom. The summed E-state index contributed by atoms with van der Waals surface area (Å²) in [6, 6.07) is 17.6. The Bertz CT molecular complexity index is 1030. The van der Waals surface area contributed by atoms with Crippen LogP contribution in [0.1, 0.15) is 46.0 Å². The topological polar surface area (TPSA) is 87.0 Å². The predicted molar refractivity (Wildman–Crippen MR) is 109 cm³/mol. The normalized spacial score (nSPS) is 15.4. The zero-order valence-electron chi connectivity index (χ0n) is 15.8. The first-order chi connectivity index (χ1) is 14.0. The molecule has 0 amide bonds. The highest BCUT2D eigenvalue weighted by Crippen LogP contribution is 2.45. The van der Waals surface area contributed by atoms with Crippen molar-refractivity contribution in [2.45, 2.75) is 31.8 Å². The van der Waals surface area contributed by atoms with Crippen molar-refractivity contribution in [3.8, 4) is 23.0 Å². The van der Waals surface area contributed by atoms with Gasteiger partial charge in [-0.3, -0.25) is 4.79 Å². The van der Waals surface area contributed by atoms with Crippen LogP contribution in [-0.4, -0.2) is 21.1 Å². The van der Waals surface area contributed by atoms with Gasteiger partial charge in [-0.25, -0.2) is 0 Å². The molecule has 0 aliphatic carbocycles. The molecule has 0 saturated carbocycles. The Kier molecular flexibility index (Phi) is 5.12. The van der Waals surface area contributed by atoms with Crippen LogP contribution in [0.5, 0.6) is 23.0 Å². The molecule has 4 rings (SSSR count). The number of rotatable bonds is 5. The minimum absolute atomic E-state index is 0.0683. The summed E-state index contributed by atoms with van der Waals surface area (Å²) in [5.74, 6) is -0.150. The van der Waals surface area contributed by atoms with Crippen molar-refractivity contribution in [3.05, 3.63) is 82.9 Å². The standard InChI is InChI=1S/C24H22O5/c25-17-9-7-16(8-10-17)22-13-11-18-20(27)14-21(28)23(24(18)29-22)19(26)12-6-15-4-2-1-3-5-15/h1-5,7-10,14,22,25,27-28H,6,11-13H2/t22-/m0/s1. The van der Waals surface area contributed by atoms with Gasteiger partial charge in [-0.1, -0.05) is 42.5 Å². The fraction of sp³-hybridized carbons (Fsp3) is 0.208. The molecule has 1 heterocycles. The van der Waals surface area contributed by atoms with Crippen molar-refractivity contribution in [1.82, 2.24) is 0 Å². The van der Waals surface area contributed by atoms with Crippen molar-refractivity contribution < 1.29 is 24.9 Å². The van der Waals surface area contributed by atoms with Gasteiger partial charge in [0, 0.05) is 18.1 Å². The van der Waals surface area contributed by atoms with Gasteiger partial charge in [0.15, 0.2) is 5.78 Å². The minimum Gasteiger partial charge on any atom is -0.508 e. The van der Waals surface area contributed by atoms with Gasteiger partial charge in [0.1, 0.15) is 34.7 Å². The number of ketones is 1. The summed E-state index contributed by atoms with van der Waals surface area (Å²) in [5, 5.41) is 30.2. The average Bonchev–Trinajstić information content (AvgIpc) is 2.73. The summed E-state index contributed by atoms with van der Waals surface area (Å²) in [6.07, 6.45) is 1.59. The quantitative estimate of drug-likeness (QED) is 0.551. The van der Waals surface area contributed by atoms with E-state index in [1.807, 2.05) is 30.3 Å². The number of benzene rings is 3. The molecule has 0 unspecified atom stereocenters. The second-order valence-electron chi connectivity index (χ2n) is 7.24. The molecule has 5 heteroatoms. The number of phenolic OH excluding ortho intramolecular Hbond substituents is 3. The first kappa shape index (κ1) is 18.9. The van der Waals surface area contributed by atoms with Crippen LogP contribution in [0, 0.1) is 0 Å². The van der Waals surface area contributed by atoms with Gasteiger partial charge in [0.25, 0.3) is 0 Å². The highest BCUT2D eigenvalue weighted by atomic mass is 16.5. The summed E-state index contributed by atoms with van der Waals surface area (Å²) in [4.78, 5) is 13.0. The maximum atomic E-state index is 13.0. The van der Waals surface area contributed by atoms with Gasteiger partial charge < -0.3 is 20.1 Å². The van der Waals surface area contributed by atoms with E-state index in [0.717, 1.165) is 11.1 Å². The third-order valence-corrected chi connectivity index (χ3v) is 5.28. The molecule has 0 saturated heterocycles. The van der Waals surface area contributed by atoms with Crippen molar-refractivity contribution in [2.75, 3.05) is 0 Å². The number of Topliss-reactive ketones (excluding diaryl/α,β-unsaturated/α-hetero) is 1. The van der Waals surface area contributed by atoms with Gasteiger partial charge in [0.05, 0.1) is 0 Å². The molecular weight excluding hydrogens is 368 g/mol. The van der Waals surface area contributed by atoms with E-state index in [0.29, 0.717) is 24.8 Å².